The fourth-order valence-corrected chi connectivity index (χ4v) is 2.55. The molecule has 0 spiro atoms. The number of carboxylic acid groups (broad SMARTS) is 1. The molecule has 2 rings (SSSR count). The Bertz CT molecular complexity index is 777. The number of nitrogens with zero attached hydrogens (tertiary/aromatic N) is 1. The molecule has 0 amide bonds. The first-order valence-electron chi connectivity index (χ1n) is 7.16. The number of aliphatic hydroxyl groups is 1. The van der Waals surface area contributed by atoms with Gasteiger partial charge in [-0.3, -0.25) is 0 Å². The van der Waals surface area contributed by atoms with Gasteiger partial charge >= 0.3 is 11.9 Å². The van der Waals surface area contributed by atoms with Gasteiger partial charge in [-0.15, -0.1) is 0 Å². The van der Waals surface area contributed by atoms with E-state index in [9.17, 15) is 19.8 Å². The topological polar surface area (TPSA) is 88.8 Å². The first kappa shape index (κ1) is 17.8. The second-order valence-corrected chi connectivity index (χ2v) is 5.82. The van der Waals surface area contributed by atoms with Crippen molar-refractivity contribution in [1.29, 1.82) is 0 Å². The Labute approximate surface area is 147 Å². The Morgan fingerprint density at radius 3 is 2.46 bits per heavy atom. The summed E-state index contributed by atoms with van der Waals surface area (Å²) in [6, 6.07) is 8.87. The highest BCUT2D eigenvalue weighted by Crippen LogP contribution is 2.24. The molecule has 0 bridgehead atoms. The van der Waals surface area contributed by atoms with Gasteiger partial charge in [0.25, 0.3) is 0 Å². The molecule has 2 N–H and O–H groups in total. The van der Waals surface area contributed by atoms with Crippen LogP contribution in [-0.2, 0) is 16.1 Å². The van der Waals surface area contributed by atoms with Crippen molar-refractivity contribution >= 4 is 33.4 Å². The van der Waals surface area contributed by atoms with Crippen LogP contribution in [0.2, 0.25) is 0 Å². The molecular formula is C17H16BrNO5. The van der Waals surface area contributed by atoms with Crippen molar-refractivity contribution in [2.24, 2.45) is 0 Å². The average Bonchev–Trinajstić information content (AvgIpc) is 2.94. The van der Waals surface area contributed by atoms with E-state index in [1.165, 1.54) is 6.07 Å². The predicted molar refractivity (Wildman–Crippen MR) is 91.9 cm³/mol. The van der Waals surface area contributed by atoms with Crippen LogP contribution in [0.3, 0.4) is 0 Å². The van der Waals surface area contributed by atoms with Crippen LogP contribution in [-0.4, -0.2) is 33.3 Å². The van der Waals surface area contributed by atoms with Crippen LogP contribution in [0.4, 0.5) is 0 Å². The molecule has 0 aliphatic carbocycles. The lowest BCUT2D eigenvalue weighted by atomic mass is 10.1. The van der Waals surface area contributed by atoms with Crippen LogP contribution in [0.1, 0.15) is 28.5 Å². The lowest BCUT2D eigenvalue weighted by molar-refractivity contribution is -0.136. The predicted octanol–water partition coefficient (Wildman–Crippen LogP) is 3.46. The minimum atomic E-state index is -1.19. The number of aliphatic hydroxyl groups excluding tert-OH is 1. The summed E-state index contributed by atoms with van der Waals surface area (Å²) in [4.78, 5) is 23.5. The number of aromatic nitrogens is 1. The number of ether oxygens (including phenoxy) is 1. The fourth-order valence-electron chi connectivity index (χ4n) is 2.28. The lowest BCUT2D eigenvalue weighted by Crippen LogP contribution is -2.14. The summed E-state index contributed by atoms with van der Waals surface area (Å²) in [5.41, 5.74) is 0.733. The Morgan fingerprint density at radius 2 is 1.92 bits per heavy atom. The minimum absolute atomic E-state index is 0.0829. The Hall–Kier alpha value is -2.54. The summed E-state index contributed by atoms with van der Waals surface area (Å²) in [6.45, 7) is 2.09. The smallest absolute Gasteiger partial charge is 0.343 e. The zero-order valence-electron chi connectivity index (χ0n) is 12.9. The van der Waals surface area contributed by atoms with Crippen molar-refractivity contribution in [1.82, 2.24) is 4.57 Å². The maximum Gasteiger partial charge on any atom is 0.343 e. The summed E-state index contributed by atoms with van der Waals surface area (Å²) in [7, 11) is 0. The van der Waals surface area contributed by atoms with E-state index in [1.54, 1.807) is 17.7 Å². The number of carbonyl (C=O) groups excluding carboxylic acids is 1. The third-order valence-corrected chi connectivity index (χ3v) is 3.87. The highest BCUT2D eigenvalue weighted by molar-refractivity contribution is 9.10. The van der Waals surface area contributed by atoms with Gasteiger partial charge in [0.05, 0.1) is 24.1 Å². The zero-order valence-corrected chi connectivity index (χ0v) is 14.5. The number of esters is 1. The molecule has 0 aliphatic rings. The van der Waals surface area contributed by atoms with Crippen LogP contribution in [0, 0.1) is 0 Å². The fraction of sp³-hybridized carbons (Fsp3) is 0.176. The number of hydrogen-bond acceptors (Lipinski definition) is 4. The molecule has 0 radical (unpaired) electrons. The van der Waals surface area contributed by atoms with Crippen molar-refractivity contribution in [3.63, 3.8) is 0 Å². The monoisotopic (exact) mass is 393 g/mol. The van der Waals surface area contributed by atoms with Gasteiger partial charge in [0.1, 0.15) is 5.57 Å². The number of hydrogen-bond donors (Lipinski definition) is 2. The largest absolute Gasteiger partial charge is 0.515 e. The van der Waals surface area contributed by atoms with Gasteiger partial charge in [-0.2, -0.15) is 0 Å². The highest BCUT2D eigenvalue weighted by Gasteiger charge is 2.24. The Morgan fingerprint density at radius 1 is 1.25 bits per heavy atom. The lowest BCUT2D eigenvalue weighted by Gasteiger charge is -2.12. The van der Waals surface area contributed by atoms with Gasteiger partial charge in [-0.05, 0) is 30.7 Å². The summed E-state index contributed by atoms with van der Waals surface area (Å²) < 4.78 is 7.41. The number of carboxylic acids is 1. The van der Waals surface area contributed by atoms with Crippen molar-refractivity contribution in [3.8, 4) is 0 Å². The molecule has 0 saturated heterocycles. The van der Waals surface area contributed by atoms with Gasteiger partial charge in [-0.1, -0.05) is 28.1 Å². The van der Waals surface area contributed by atoms with E-state index >= 15 is 0 Å². The van der Waals surface area contributed by atoms with Gasteiger partial charge in [0, 0.05) is 17.2 Å². The number of halogens is 1. The molecule has 2 aromatic rings. The van der Waals surface area contributed by atoms with E-state index in [0.29, 0.717) is 12.8 Å². The van der Waals surface area contributed by atoms with Crippen LogP contribution in [0.5, 0.6) is 0 Å². The Kier molecular flexibility index (Phi) is 5.81. The molecule has 1 aromatic carbocycles. The molecule has 0 aliphatic heterocycles. The van der Waals surface area contributed by atoms with Crippen LogP contribution < -0.4 is 0 Å². The summed E-state index contributed by atoms with van der Waals surface area (Å²) in [5, 5.41) is 18.8. The van der Waals surface area contributed by atoms with Crippen molar-refractivity contribution in [2.45, 2.75) is 13.5 Å². The number of aromatic carboxylic acids is 1. The molecule has 24 heavy (non-hydrogen) atoms. The molecule has 6 nitrogen and oxygen atoms in total. The van der Waals surface area contributed by atoms with Crippen molar-refractivity contribution < 1.29 is 24.5 Å². The maximum atomic E-state index is 12.0. The van der Waals surface area contributed by atoms with Gasteiger partial charge in [0.15, 0.2) is 0 Å². The minimum Gasteiger partial charge on any atom is -0.515 e. The second kappa shape index (κ2) is 7.83. The van der Waals surface area contributed by atoms with E-state index in [4.69, 9.17) is 4.74 Å². The third-order valence-electron chi connectivity index (χ3n) is 3.34. The molecule has 0 atom stereocenters. The van der Waals surface area contributed by atoms with Crippen LogP contribution in [0.25, 0.3) is 5.57 Å². The average molecular weight is 394 g/mol. The van der Waals surface area contributed by atoms with Gasteiger partial charge in [-0.25, -0.2) is 9.59 Å². The normalized spacial score (nSPS) is 11.3. The highest BCUT2D eigenvalue weighted by atomic mass is 79.9. The van der Waals surface area contributed by atoms with E-state index < -0.39 is 11.9 Å². The standard InChI is InChI=1S/C17H16BrNO5/c1-2-24-17(23)14(10-20)15-13(16(21)22)7-8-19(15)9-11-3-5-12(18)6-4-11/h3-8,10,20H,2,9H2,1H3,(H,21,22)/b14-10-. The van der Waals surface area contributed by atoms with Crippen molar-refractivity contribution in [3.05, 3.63) is 64.1 Å². The molecule has 0 saturated carbocycles. The summed E-state index contributed by atoms with van der Waals surface area (Å²) in [6.07, 6.45) is 2.14. The Balaban J connectivity index is 2.47. The number of benzene rings is 1. The zero-order chi connectivity index (χ0) is 17.7. The van der Waals surface area contributed by atoms with E-state index in [-0.39, 0.29) is 23.4 Å². The van der Waals surface area contributed by atoms with E-state index in [0.717, 1.165) is 10.0 Å². The number of carbonyl (C=O) groups is 2. The van der Waals surface area contributed by atoms with Crippen LogP contribution in [0.15, 0.2) is 47.3 Å². The first-order valence-corrected chi connectivity index (χ1v) is 7.96. The molecular weight excluding hydrogens is 378 g/mol. The molecule has 0 fully saturated rings. The summed E-state index contributed by atoms with van der Waals surface area (Å²) >= 11 is 3.35. The number of rotatable bonds is 6. The van der Waals surface area contributed by atoms with Gasteiger partial charge in [0.2, 0.25) is 0 Å². The molecule has 126 valence electrons. The maximum absolute atomic E-state index is 12.0. The molecule has 0 unspecified atom stereocenters. The molecule has 1 aromatic heterocycles. The summed E-state index contributed by atoms with van der Waals surface area (Å²) in [5.74, 6) is -1.97. The third kappa shape index (κ3) is 3.86. The molecule has 7 heteroatoms. The van der Waals surface area contributed by atoms with Crippen LogP contribution >= 0.6 is 15.9 Å². The second-order valence-electron chi connectivity index (χ2n) is 4.90. The molecule has 1 heterocycles. The van der Waals surface area contributed by atoms with Crippen molar-refractivity contribution in [2.75, 3.05) is 6.61 Å². The van der Waals surface area contributed by atoms with E-state index in [2.05, 4.69) is 15.9 Å². The SMILES string of the molecule is CCOC(=O)/C(=C\O)c1c(C(=O)O)ccn1Cc1ccc(Br)cc1. The quantitative estimate of drug-likeness (QED) is 0.445. The van der Waals surface area contributed by atoms with Gasteiger partial charge < -0.3 is 19.5 Å². The first-order chi connectivity index (χ1) is 11.5. The van der Waals surface area contributed by atoms with E-state index in [1.807, 2.05) is 24.3 Å².